The largest absolute Gasteiger partial charge is 0.391 e. The predicted molar refractivity (Wildman–Crippen MR) is 51.6 cm³/mol. The van der Waals surface area contributed by atoms with E-state index in [2.05, 4.69) is 0 Å². The fourth-order valence-corrected chi connectivity index (χ4v) is 2.20. The minimum atomic E-state index is -0.308. The monoisotopic (exact) mass is 191 g/mol. The van der Waals surface area contributed by atoms with Crippen molar-refractivity contribution in [3.05, 3.63) is 35.8 Å². The molecule has 0 saturated carbocycles. The minimum absolute atomic E-state index is 0.182. The molecule has 1 unspecified atom stereocenters. The molecule has 1 aromatic heterocycles. The first kappa shape index (κ1) is 8.00. The SMILES string of the molecule is OC1Cc2cc3c(F)cccc3n2C1. The van der Waals surface area contributed by atoms with Crippen LogP contribution < -0.4 is 0 Å². The Bertz CT molecular complexity index is 503. The Kier molecular flexibility index (Phi) is 1.47. The van der Waals surface area contributed by atoms with Gasteiger partial charge in [-0.05, 0) is 18.2 Å². The molecule has 2 nitrogen and oxygen atoms in total. The number of hydrogen-bond donors (Lipinski definition) is 1. The van der Waals surface area contributed by atoms with E-state index < -0.39 is 0 Å². The standard InChI is InChI=1S/C11H10FNO/c12-10-2-1-3-11-9(10)5-7-4-8(14)6-13(7)11/h1-3,5,8,14H,4,6H2. The first-order chi connectivity index (χ1) is 6.75. The molecule has 1 atom stereocenters. The molecular weight excluding hydrogens is 181 g/mol. The highest BCUT2D eigenvalue weighted by atomic mass is 19.1. The molecule has 3 heteroatoms. The summed E-state index contributed by atoms with van der Waals surface area (Å²) in [6.07, 6.45) is 0.325. The zero-order chi connectivity index (χ0) is 9.71. The Morgan fingerprint density at radius 3 is 3.14 bits per heavy atom. The van der Waals surface area contributed by atoms with E-state index in [-0.39, 0.29) is 11.9 Å². The first-order valence-electron chi connectivity index (χ1n) is 4.70. The highest BCUT2D eigenvalue weighted by molar-refractivity contribution is 5.82. The van der Waals surface area contributed by atoms with Gasteiger partial charge < -0.3 is 9.67 Å². The van der Waals surface area contributed by atoms with E-state index in [4.69, 9.17) is 0 Å². The summed E-state index contributed by atoms with van der Waals surface area (Å²) >= 11 is 0. The Labute approximate surface area is 80.6 Å². The zero-order valence-corrected chi connectivity index (χ0v) is 7.57. The predicted octanol–water partition coefficient (Wildman–Crippen LogP) is 1.70. The summed E-state index contributed by atoms with van der Waals surface area (Å²) in [5.74, 6) is -0.182. The number of aromatic nitrogens is 1. The highest BCUT2D eigenvalue weighted by Crippen LogP contribution is 2.27. The van der Waals surface area contributed by atoms with Gasteiger partial charge in [0.1, 0.15) is 5.82 Å². The molecule has 0 amide bonds. The van der Waals surface area contributed by atoms with Crippen LogP contribution in [0.1, 0.15) is 5.69 Å². The Morgan fingerprint density at radius 1 is 1.43 bits per heavy atom. The van der Waals surface area contributed by atoms with Crippen molar-refractivity contribution in [2.45, 2.75) is 19.1 Å². The van der Waals surface area contributed by atoms with Crippen molar-refractivity contribution in [1.29, 1.82) is 0 Å². The molecule has 1 aliphatic rings. The van der Waals surface area contributed by atoms with E-state index in [9.17, 15) is 9.50 Å². The fourth-order valence-electron chi connectivity index (χ4n) is 2.20. The van der Waals surface area contributed by atoms with E-state index >= 15 is 0 Å². The van der Waals surface area contributed by atoms with Crippen LogP contribution in [0.3, 0.4) is 0 Å². The summed E-state index contributed by atoms with van der Waals surface area (Å²) in [7, 11) is 0. The van der Waals surface area contributed by atoms with Gasteiger partial charge >= 0.3 is 0 Å². The smallest absolute Gasteiger partial charge is 0.132 e. The summed E-state index contributed by atoms with van der Waals surface area (Å²) in [5, 5.41) is 10.1. The number of halogens is 1. The van der Waals surface area contributed by atoms with E-state index in [1.54, 1.807) is 6.07 Å². The summed E-state index contributed by atoms with van der Waals surface area (Å²) < 4.78 is 15.4. The molecular formula is C11H10FNO. The minimum Gasteiger partial charge on any atom is -0.391 e. The van der Waals surface area contributed by atoms with Crippen molar-refractivity contribution in [2.75, 3.05) is 0 Å². The molecule has 72 valence electrons. The number of rotatable bonds is 0. The van der Waals surface area contributed by atoms with Crippen LogP contribution in [0, 0.1) is 5.82 Å². The number of hydrogen-bond acceptors (Lipinski definition) is 1. The van der Waals surface area contributed by atoms with Crippen molar-refractivity contribution in [1.82, 2.24) is 4.57 Å². The lowest BCUT2D eigenvalue weighted by Gasteiger charge is -2.01. The second-order valence-electron chi connectivity index (χ2n) is 3.78. The molecule has 0 fully saturated rings. The molecule has 2 aromatic rings. The van der Waals surface area contributed by atoms with E-state index in [1.807, 2.05) is 16.7 Å². The van der Waals surface area contributed by atoms with Crippen LogP contribution in [0.2, 0.25) is 0 Å². The second kappa shape index (κ2) is 2.58. The Hall–Kier alpha value is -1.35. The van der Waals surface area contributed by atoms with Gasteiger partial charge in [-0.1, -0.05) is 6.07 Å². The molecule has 0 radical (unpaired) electrons. The third kappa shape index (κ3) is 0.930. The fraction of sp³-hybridized carbons (Fsp3) is 0.273. The summed E-state index contributed by atoms with van der Waals surface area (Å²) in [6, 6.07) is 6.89. The van der Waals surface area contributed by atoms with Gasteiger partial charge in [0.05, 0.1) is 11.6 Å². The maximum Gasteiger partial charge on any atom is 0.132 e. The molecule has 0 spiro atoms. The summed E-state index contributed by atoms with van der Waals surface area (Å²) in [6.45, 7) is 0.586. The van der Waals surface area contributed by atoms with Gasteiger partial charge in [0.2, 0.25) is 0 Å². The normalized spacial score (nSPS) is 20.3. The zero-order valence-electron chi connectivity index (χ0n) is 7.57. The van der Waals surface area contributed by atoms with Crippen LogP contribution in [0.5, 0.6) is 0 Å². The molecule has 1 aromatic carbocycles. The maximum absolute atomic E-state index is 13.4. The quantitative estimate of drug-likeness (QED) is 0.673. The molecule has 0 aliphatic carbocycles. The topological polar surface area (TPSA) is 25.2 Å². The van der Waals surface area contributed by atoms with Crippen molar-refractivity contribution in [3.63, 3.8) is 0 Å². The first-order valence-corrected chi connectivity index (χ1v) is 4.70. The third-order valence-electron chi connectivity index (χ3n) is 2.82. The number of aliphatic hydroxyl groups is 1. The third-order valence-corrected chi connectivity index (χ3v) is 2.82. The lowest BCUT2D eigenvalue weighted by atomic mass is 10.2. The lowest BCUT2D eigenvalue weighted by molar-refractivity contribution is 0.176. The molecule has 2 heterocycles. The van der Waals surface area contributed by atoms with Crippen LogP contribution in [0.25, 0.3) is 10.9 Å². The van der Waals surface area contributed by atoms with Gasteiger partial charge in [0.15, 0.2) is 0 Å². The molecule has 0 bridgehead atoms. The van der Waals surface area contributed by atoms with E-state index in [1.165, 1.54) is 6.07 Å². The van der Waals surface area contributed by atoms with Crippen LogP contribution in [0.4, 0.5) is 4.39 Å². The number of nitrogens with zero attached hydrogens (tertiary/aromatic N) is 1. The molecule has 1 N–H and O–H groups in total. The van der Waals surface area contributed by atoms with Gasteiger partial charge in [0, 0.05) is 24.0 Å². The van der Waals surface area contributed by atoms with Crippen LogP contribution in [-0.4, -0.2) is 15.8 Å². The Balaban J connectivity index is 2.33. The van der Waals surface area contributed by atoms with Gasteiger partial charge in [-0.2, -0.15) is 0 Å². The molecule has 0 saturated heterocycles. The van der Waals surface area contributed by atoms with E-state index in [0.29, 0.717) is 18.4 Å². The number of aliphatic hydroxyl groups excluding tert-OH is 1. The molecule has 14 heavy (non-hydrogen) atoms. The Morgan fingerprint density at radius 2 is 2.29 bits per heavy atom. The van der Waals surface area contributed by atoms with Crippen LogP contribution >= 0.6 is 0 Å². The van der Waals surface area contributed by atoms with E-state index in [0.717, 1.165) is 11.2 Å². The number of fused-ring (bicyclic) bond motifs is 3. The highest BCUT2D eigenvalue weighted by Gasteiger charge is 2.22. The average molecular weight is 191 g/mol. The summed E-state index contributed by atoms with van der Waals surface area (Å²) in [5.41, 5.74) is 1.91. The van der Waals surface area contributed by atoms with Crippen molar-refractivity contribution in [3.8, 4) is 0 Å². The van der Waals surface area contributed by atoms with Crippen LogP contribution in [0.15, 0.2) is 24.3 Å². The molecule has 1 aliphatic heterocycles. The van der Waals surface area contributed by atoms with Gasteiger partial charge in [-0.25, -0.2) is 4.39 Å². The lowest BCUT2D eigenvalue weighted by Crippen LogP contribution is -2.07. The summed E-state index contributed by atoms with van der Waals surface area (Å²) in [4.78, 5) is 0. The van der Waals surface area contributed by atoms with Gasteiger partial charge in [-0.3, -0.25) is 0 Å². The van der Waals surface area contributed by atoms with Gasteiger partial charge in [0.25, 0.3) is 0 Å². The maximum atomic E-state index is 13.4. The van der Waals surface area contributed by atoms with Crippen molar-refractivity contribution in [2.24, 2.45) is 0 Å². The van der Waals surface area contributed by atoms with Crippen LogP contribution in [-0.2, 0) is 13.0 Å². The second-order valence-corrected chi connectivity index (χ2v) is 3.78. The number of benzene rings is 1. The van der Waals surface area contributed by atoms with Crippen molar-refractivity contribution >= 4 is 10.9 Å². The van der Waals surface area contributed by atoms with Gasteiger partial charge in [-0.15, -0.1) is 0 Å². The van der Waals surface area contributed by atoms with Crippen molar-refractivity contribution < 1.29 is 9.50 Å². The molecule has 3 rings (SSSR count). The average Bonchev–Trinajstić information content (AvgIpc) is 2.63.